The summed E-state index contributed by atoms with van der Waals surface area (Å²) in [6, 6.07) is -0.777. The van der Waals surface area contributed by atoms with Gasteiger partial charge in [0.05, 0.1) is 6.61 Å². The quantitative estimate of drug-likeness (QED) is 0.408. The highest BCUT2D eigenvalue weighted by Crippen LogP contribution is 2.05. The molecule has 1 atom stereocenters. The molecule has 0 rings (SSSR count). The highest BCUT2D eigenvalue weighted by atomic mass is 32.2. The number of hydrogen-bond acceptors (Lipinski definition) is 4. The first-order chi connectivity index (χ1) is 8.22. The number of carboxylic acid groups (broad SMARTS) is 1. The molecule has 17 heavy (non-hydrogen) atoms. The summed E-state index contributed by atoms with van der Waals surface area (Å²) in [6.45, 7) is 3.61. The fraction of sp³-hybridized carbons (Fsp3) is 0.818. The molecule has 0 aromatic rings. The van der Waals surface area contributed by atoms with Crippen LogP contribution in [0.1, 0.15) is 26.2 Å². The molecule has 0 aromatic heterocycles. The first kappa shape index (κ1) is 16.2. The highest BCUT2D eigenvalue weighted by Gasteiger charge is 2.14. The third-order valence-electron chi connectivity index (χ3n) is 2.13. The fourth-order valence-corrected chi connectivity index (χ4v) is 1.97. The Bertz CT molecular complexity index is 214. The summed E-state index contributed by atoms with van der Waals surface area (Å²) in [5.41, 5.74) is 0. The van der Waals surface area contributed by atoms with Gasteiger partial charge in [-0.3, -0.25) is 4.79 Å². The number of rotatable bonds is 12. The lowest BCUT2D eigenvalue weighted by Crippen LogP contribution is -2.36. The smallest absolute Gasteiger partial charge is 0.326 e. The second kappa shape index (κ2) is 11.7. The van der Waals surface area contributed by atoms with E-state index in [1.807, 2.05) is 0 Å². The number of hydrogen-bond donors (Lipinski definition) is 2. The Balaban J connectivity index is 3.36. The minimum absolute atomic E-state index is 0.428. The Hall–Kier alpha value is -0.750. The maximum absolute atomic E-state index is 10.7. The zero-order valence-corrected chi connectivity index (χ0v) is 11.0. The van der Waals surface area contributed by atoms with E-state index in [1.54, 1.807) is 11.8 Å². The van der Waals surface area contributed by atoms with Gasteiger partial charge in [-0.25, -0.2) is 4.79 Å². The molecule has 2 N–H and O–H groups in total. The van der Waals surface area contributed by atoms with Crippen molar-refractivity contribution in [1.29, 1.82) is 0 Å². The van der Waals surface area contributed by atoms with Gasteiger partial charge in [-0.1, -0.05) is 13.3 Å². The van der Waals surface area contributed by atoms with E-state index in [-0.39, 0.29) is 0 Å². The molecular formula is C11H21NO4S. The number of unbranched alkanes of at least 4 members (excludes halogenated alkanes) is 1. The van der Waals surface area contributed by atoms with Crippen molar-refractivity contribution in [3.63, 3.8) is 0 Å². The highest BCUT2D eigenvalue weighted by molar-refractivity contribution is 7.99. The van der Waals surface area contributed by atoms with Crippen LogP contribution in [0, 0.1) is 0 Å². The van der Waals surface area contributed by atoms with Crippen LogP contribution in [-0.2, 0) is 14.3 Å². The summed E-state index contributed by atoms with van der Waals surface area (Å²) in [6.07, 6.45) is 3.07. The number of aliphatic carboxylic acids is 1. The Morgan fingerprint density at radius 2 is 2.24 bits per heavy atom. The molecule has 5 nitrogen and oxygen atoms in total. The zero-order chi connectivity index (χ0) is 12.9. The Labute approximate surface area is 106 Å². The van der Waals surface area contributed by atoms with Crippen LogP contribution >= 0.6 is 11.8 Å². The predicted molar refractivity (Wildman–Crippen MR) is 68.3 cm³/mol. The van der Waals surface area contributed by atoms with E-state index in [9.17, 15) is 9.59 Å². The average molecular weight is 263 g/mol. The van der Waals surface area contributed by atoms with Crippen molar-refractivity contribution >= 4 is 24.1 Å². The molecule has 0 spiro atoms. The van der Waals surface area contributed by atoms with Crippen molar-refractivity contribution in [2.75, 3.05) is 24.7 Å². The van der Waals surface area contributed by atoms with Crippen LogP contribution in [0.15, 0.2) is 0 Å². The summed E-state index contributed by atoms with van der Waals surface area (Å²) in [5.74, 6) is 0.573. The molecular weight excluding hydrogens is 242 g/mol. The van der Waals surface area contributed by atoms with Gasteiger partial charge in [0.1, 0.15) is 6.04 Å². The summed E-state index contributed by atoms with van der Waals surface area (Å²) >= 11 is 1.64. The second-order valence-corrected chi connectivity index (χ2v) is 4.77. The fourth-order valence-electron chi connectivity index (χ4n) is 1.13. The largest absolute Gasteiger partial charge is 0.480 e. The van der Waals surface area contributed by atoms with Gasteiger partial charge in [0.15, 0.2) is 0 Å². The summed E-state index contributed by atoms with van der Waals surface area (Å²) < 4.78 is 5.37. The molecule has 0 radical (unpaired) electrons. The first-order valence-electron chi connectivity index (χ1n) is 5.80. The van der Waals surface area contributed by atoms with E-state index in [0.717, 1.165) is 25.2 Å². The summed E-state index contributed by atoms with van der Waals surface area (Å²) in [4.78, 5) is 20.8. The average Bonchev–Trinajstić information content (AvgIpc) is 2.31. The molecule has 0 bridgehead atoms. The van der Waals surface area contributed by atoms with Crippen LogP contribution in [0.3, 0.4) is 0 Å². The lowest BCUT2D eigenvalue weighted by atomic mass is 10.2. The Morgan fingerprint density at radius 3 is 2.82 bits per heavy atom. The van der Waals surface area contributed by atoms with Crippen molar-refractivity contribution in [3.05, 3.63) is 0 Å². The molecule has 0 fully saturated rings. The normalized spacial score (nSPS) is 12.1. The van der Waals surface area contributed by atoms with Gasteiger partial charge in [0.25, 0.3) is 0 Å². The van der Waals surface area contributed by atoms with Crippen LogP contribution in [0.4, 0.5) is 0 Å². The van der Waals surface area contributed by atoms with Crippen LogP contribution < -0.4 is 5.32 Å². The van der Waals surface area contributed by atoms with Gasteiger partial charge in [-0.05, 0) is 18.6 Å². The van der Waals surface area contributed by atoms with Gasteiger partial charge in [0, 0.05) is 12.4 Å². The van der Waals surface area contributed by atoms with Crippen molar-refractivity contribution < 1.29 is 19.4 Å². The lowest BCUT2D eigenvalue weighted by molar-refractivity contribution is -0.140. The van der Waals surface area contributed by atoms with Gasteiger partial charge in [-0.15, -0.1) is 0 Å². The van der Waals surface area contributed by atoms with E-state index in [4.69, 9.17) is 9.84 Å². The van der Waals surface area contributed by atoms with Crippen LogP contribution in [0.25, 0.3) is 0 Å². The molecule has 0 heterocycles. The third-order valence-corrected chi connectivity index (χ3v) is 3.11. The van der Waals surface area contributed by atoms with Crippen LogP contribution in [0.2, 0.25) is 0 Å². The maximum atomic E-state index is 10.7. The Morgan fingerprint density at radius 1 is 1.47 bits per heavy atom. The Kier molecular flexibility index (Phi) is 11.2. The monoisotopic (exact) mass is 263 g/mol. The van der Waals surface area contributed by atoms with Gasteiger partial charge < -0.3 is 15.2 Å². The van der Waals surface area contributed by atoms with Crippen LogP contribution in [0.5, 0.6) is 0 Å². The molecule has 0 aliphatic heterocycles. The SMILES string of the molecule is CCCCOCCSCCC(NC=O)C(=O)O. The minimum Gasteiger partial charge on any atom is -0.480 e. The van der Waals surface area contributed by atoms with Gasteiger partial charge in [-0.2, -0.15) is 11.8 Å². The van der Waals surface area contributed by atoms with Crippen LogP contribution in [-0.4, -0.2) is 48.2 Å². The van der Waals surface area contributed by atoms with Crippen molar-refractivity contribution in [2.45, 2.75) is 32.2 Å². The molecule has 0 saturated carbocycles. The lowest BCUT2D eigenvalue weighted by Gasteiger charge is -2.10. The first-order valence-corrected chi connectivity index (χ1v) is 6.95. The van der Waals surface area contributed by atoms with Crippen molar-refractivity contribution in [2.24, 2.45) is 0 Å². The van der Waals surface area contributed by atoms with E-state index in [1.165, 1.54) is 0 Å². The zero-order valence-electron chi connectivity index (χ0n) is 10.2. The number of amides is 1. The summed E-state index contributed by atoms with van der Waals surface area (Å²) in [7, 11) is 0. The molecule has 0 saturated heterocycles. The molecule has 100 valence electrons. The standard InChI is InChI=1S/C11H21NO4S/c1-2-3-5-16-6-8-17-7-4-10(11(14)15)12-9-13/h9-10H,2-8H2,1H3,(H,12,13)(H,14,15). The predicted octanol–water partition coefficient (Wildman–Crippen LogP) is 1.13. The number of carbonyl (C=O) groups excluding carboxylic acids is 1. The van der Waals surface area contributed by atoms with Crippen molar-refractivity contribution in [3.8, 4) is 0 Å². The van der Waals surface area contributed by atoms with E-state index in [0.29, 0.717) is 25.2 Å². The molecule has 0 aliphatic carbocycles. The van der Waals surface area contributed by atoms with E-state index < -0.39 is 12.0 Å². The molecule has 1 unspecified atom stereocenters. The van der Waals surface area contributed by atoms with Gasteiger partial charge >= 0.3 is 5.97 Å². The van der Waals surface area contributed by atoms with Crippen molar-refractivity contribution in [1.82, 2.24) is 5.32 Å². The second-order valence-electron chi connectivity index (χ2n) is 3.54. The van der Waals surface area contributed by atoms with E-state index >= 15 is 0 Å². The molecule has 1 amide bonds. The topological polar surface area (TPSA) is 75.6 Å². The molecule has 6 heteroatoms. The summed E-state index contributed by atoms with van der Waals surface area (Å²) in [5, 5.41) is 11.0. The minimum atomic E-state index is -0.989. The number of carbonyl (C=O) groups is 2. The maximum Gasteiger partial charge on any atom is 0.326 e. The van der Waals surface area contributed by atoms with E-state index in [2.05, 4.69) is 12.2 Å². The molecule has 0 aliphatic rings. The number of ether oxygens (including phenoxy) is 1. The van der Waals surface area contributed by atoms with Gasteiger partial charge in [0.2, 0.25) is 6.41 Å². The third kappa shape index (κ3) is 10.1. The number of nitrogens with one attached hydrogen (secondary N) is 1. The number of thioether (sulfide) groups is 1. The number of carboxylic acids is 1. The molecule has 0 aromatic carbocycles.